The number of rotatable bonds is 5. The molecule has 1 saturated heterocycles. The molecule has 6 nitrogen and oxygen atoms in total. The number of fused-ring (bicyclic) bond motifs is 1. The number of esters is 1. The maximum absolute atomic E-state index is 13.7. The largest absolute Gasteiger partial charge is 0.461 e. The van der Waals surface area contributed by atoms with E-state index >= 15 is 0 Å². The Hall–Kier alpha value is -2.58. The van der Waals surface area contributed by atoms with Crippen molar-refractivity contribution in [2.24, 2.45) is 0 Å². The minimum atomic E-state index is -0.501. The van der Waals surface area contributed by atoms with E-state index in [1.165, 1.54) is 23.5 Å². The lowest BCUT2D eigenvalue weighted by atomic mass is 10.1. The summed E-state index contributed by atoms with van der Waals surface area (Å²) in [7, 11) is 0. The van der Waals surface area contributed by atoms with Gasteiger partial charge in [-0.15, -0.1) is 21.5 Å². The molecular weight excluding hydrogens is 379 g/mol. The summed E-state index contributed by atoms with van der Waals surface area (Å²) in [4.78, 5) is 13.2. The van der Waals surface area contributed by atoms with Gasteiger partial charge in [-0.3, -0.25) is 0 Å². The van der Waals surface area contributed by atoms with E-state index in [1.54, 1.807) is 13.0 Å². The second kappa shape index (κ2) is 8.20. The van der Waals surface area contributed by atoms with Crippen LogP contribution in [0.3, 0.4) is 0 Å². The van der Waals surface area contributed by atoms with Gasteiger partial charge < -0.3 is 15.4 Å². The maximum Gasteiger partial charge on any atom is 0.360 e. The molecule has 0 amide bonds. The highest BCUT2D eigenvalue weighted by molar-refractivity contribution is 7.22. The molecule has 8 heteroatoms. The van der Waals surface area contributed by atoms with Gasteiger partial charge in [0.2, 0.25) is 0 Å². The number of halogens is 1. The van der Waals surface area contributed by atoms with Crippen molar-refractivity contribution in [3.05, 3.63) is 41.8 Å². The Morgan fingerprint density at radius 1 is 1.39 bits per heavy atom. The van der Waals surface area contributed by atoms with Crippen LogP contribution in [0.1, 0.15) is 30.3 Å². The Morgan fingerprint density at radius 3 is 3.04 bits per heavy atom. The third-order valence-corrected chi connectivity index (χ3v) is 5.86. The molecule has 2 aromatic heterocycles. The van der Waals surface area contributed by atoms with Crippen molar-refractivity contribution in [2.45, 2.75) is 25.8 Å². The predicted octanol–water partition coefficient (Wildman–Crippen LogP) is 3.84. The molecule has 0 saturated carbocycles. The van der Waals surface area contributed by atoms with Crippen LogP contribution in [0.2, 0.25) is 0 Å². The minimum Gasteiger partial charge on any atom is -0.461 e. The van der Waals surface area contributed by atoms with E-state index < -0.39 is 5.97 Å². The first-order valence-electron chi connectivity index (χ1n) is 9.36. The molecule has 4 rings (SSSR count). The monoisotopic (exact) mass is 400 g/mol. The molecule has 1 unspecified atom stereocenters. The van der Waals surface area contributed by atoms with E-state index in [9.17, 15) is 9.18 Å². The number of piperidine rings is 1. The van der Waals surface area contributed by atoms with Crippen molar-refractivity contribution in [3.63, 3.8) is 0 Å². The molecule has 2 N–H and O–H groups in total. The second-order valence-corrected chi connectivity index (χ2v) is 7.72. The maximum atomic E-state index is 13.7. The van der Waals surface area contributed by atoms with Crippen molar-refractivity contribution in [1.29, 1.82) is 0 Å². The van der Waals surface area contributed by atoms with Gasteiger partial charge in [-0.05, 0) is 50.1 Å². The Labute approximate surface area is 166 Å². The summed E-state index contributed by atoms with van der Waals surface area (Å²) in [5.74, 6) is -0.169. The van der Waals surface area contributed by atoms with E-state index in [2.05, 4.69) is 20.8 Å². The van der Waals surface area contributed by atoms with Crippen LogP contribution in [-0.4, -0.2) is 41.9 Å². The highest BCUT2D eigenvalue weighted by Gasteiger charge is 2.22. The van der Waals surface area contributed by atoms with Gasteiger partial charge in [-0.1, -0.05) is 12.1 Å². The molecule has 0 spiro atoms. The number of carbonyl (C=O) groups excluding carboxylic acids is 1. The Balaban J connectivity index is 1.79. The molecule has 1 aliphatic rings. The standard InChI is InChI=1S/C20H21FN4O2S/c1-2-27-20(26)17-18-15(10-16(28-18)12-5-3-6-13(21)9-12)19(25-24-17)23-14-7-4-8-22-11-14/h3,5-6,9-10,14,22H,2,4,7-8,11H2,1H3,(H,23,25). The van der Waals surface area contributed by atoms with E-state index in [0.29, 0.717) is 10.5 Å². The number of thiophene rings is 1. The van der Waals surface area contributed by atoms with Gasteiger partial charge in [-0.25, -0.2) is 9.18 Å². The fourth-order valence-electron chi connectivity index (χ4n) is 3.33. The van der Waals surface area contributed by atoms with Gasteiger partial charge in [0, 0.05) is 22.8 Å². The molecule has 0 bridgehead atoms. The summed E-state index contributed by atoms with van der Waals surface area (Å²) >= 11 is 1.39. The molecular formula is C20H21FN4O2S. The zero-order valence-corrected chi connectivity index (χ0v) is 16.3. The average molecular weight is 400 g/mol. The summed E-state index contributed by atoms with van der Waals surface area (Å²) < 4.78 is 19.5. The fraction of sp³-hybridized carbons (Fsp3) is 0.350. The summed E-state index contributed by atoms with van der Waals surface area (Å²) in [5, 5.41) is 16.0. The van der Waals surface area contributed by atoms with Crippen molar-refractivity contribution in [1.82, 2.24) is 15.5 Å². The van der Waals surface area contributed by atoms with Gasteiger partial charge in [-0.2, -0.15) is 0 Å². The van der Waals surface area contributed by atoms with Gasteiger partial charge in [0.1, 0.15) is 5.82 Å². The molecule has 3 aromatic rings. The van der Waals surface area contributed by atoms with Gasteiger partial charge >= 0.3 is 5.97 Å². The Bertz CT molecular complexity index is 1000. The third-order valence-electron chi connectivity index (χ3n) is 4.67. The van der Waals surface area contributed by atoms with Crippen molar-refractivity contribution >= 4 is 33.2 Å². The molecule has 0 radical (unpaired) electrons. The van der Waals surface area contributed by atoms with E-state index in [4.69, 9.17) is 4.74 Å². The lowest BCUT2D eigenvalue weighted by molar-refractivity contribution is 0.0521. The van der Waals surface area contributed by atoms with Crippen LogP contribution in [0, 0.1) is 5.82 Å². The van der Waals surface area contributed by atoms with E-state index in [0.717, 1.165) is 41.8 Å². The summed E-state index contributed by atoms with van der Waals surface area (Å²) in [5.41, 5.74) is 0.943. The highest BCUT2D eigenvalue weighted by atomic mass is 32.1. The number of nitrogens with zero attached hydrogens (tertiary/aromatic N) is 2. The number of hydrogen-bond donors (Lipinski definition) is 2. The van der Waals surface area contributed by atoms with E-state index in [-0.39, 0.29) is 24.2 Å². The van der Waals surface area contributed by atoms with Crippen LogP contribution >= 0.6 is 11.3 Å². The van der Waals surface area contributed by atoms with Crippen LogP contribution in [0.25, 0.3) is 20.5 Å². The van der Waals surface area contributed by atoms with Crippen molar-refractivity contribution in [3.8, 4) is 10.4 Å². The number of carbonyl (C=O) groups is 1. The predicted molar refractivity (Wildman–Crippen MR) is 108 cm³/mol. The zero-order valence-electron chi connectivity index (χ0n) is 15.5. The SMILES string of the molecule is CCOC(=O)c1nnc(NC2CCCNC2)c2cc(-c3cccc(F)c3)sc12. The van der Waals surface area contributed by atoms with Crippen LogP contribution in [0.5, 0.6) is 0 Å². The lowest BCUT2D eigenvalue weighted by Gasteiger charge is -2.24. The van der Waals surface area contributed by atoms with Crippen molar-refractivity contribution < 1.29 is 13.9 Å². The number of anilines is 1. The number of benzene rings is 1. The Morgan fingerprint density at radius 2 is 2.29 bits per heavy atom. The topological polar surface area (TPSA) is 76.1 Å². The molecule has 28 heavy (non-hydrogen) atoms. The van der Waals surface area contributed by atoms with Crippen LogP contribution in [-0.2, 0) is 4.74 Å². The second-order valence-electron chi connectivity index (χ2n) is 6.67. The zero-order chi connectivity index (χ0) is 19.5. The quantitative estimate of drug-likeness (QED) is 0.634. The third kappa shape index (κ3) is 3.83. The molecule has 146 valence electrons. The average Bonchev–Trinajstić information content (AvgIpc) is 3.15. The van der Waals surface area contributed by atoms with Crippen molar-refractivity contribution in [2.75, 3.05) is 25.0 Å². The minimum absolute atomic E-state index is 0.192. The van der Waals surface area contributed by atoms with Crippen LogP contribution in [0.4, 0.5) is 10.2 Å². The lowest BCUT2D eigenvalue weighted by Crippen LogP contribution is -2.38. The molecule has 1 atom stereocenters. The van der Waals surface area contributed by atoms with Crippen LogP contribution < -0.4 is 10.6 Å². The highest BCUT2D eigenvalue weighted by Crippen LogP contribution is 2.38. The number of aromatic nitrogens is 2. The summed E-state index contributed by atoms with van der Waals surface area (Å²) in [6.45, 7) is 3.88. The molecule has 1 aliphatic heterocycles. The Kier molecular flexibility index (Phi) is 5.50. The summed E-state index contributed by atoms with van der Waals surface area (Å²) in [6.07, 6.45) is 2.13. The summed E-state index contributed by atoms with van der Waals surface area (Å²) in [6, 6.07) is 8.59. The van der Waals surface area contributed by atoms with Crippen LogP contribution in [0.15, 0.2) is 30.3 Å². The molecule has 1 aromatic carbocycles. The van der Waals surface area contributed by atoms with E-state index in [1.807, 2.05) is 12.1 Å². The number of nitrogens with one attached hydrogen (secondary N) is 2. The first kappa shape index (κ1) is 18.8. The first-order chi connectivity index (χ1) is 13.7. The van der Waals surface area contributed by atoms with Gasteiger partial charge in [0.25, 0.3) is 0 Å². The number of ether oxygens (including phenoxy) is 1. The molecule has 1 fully saturated rings. The normalized spacial score (nSPS) is 16.9. The van der Waals surface area contributed by atoms with Gasteiger partial charge in [0.15, 0.2) is 11.5 Å². The number of hydrogen-bond acceptors (Lipinski definition) is 7. The molecule has 0 aliphatic carbocycles. The molecule has 3 heterocycles. The smallest absolute Gasteiger partial charge is 0.360 e. The first-order valence-corrected chi connectivity index (χ1v) is 10.2. The van der Waals surface area contributed by atoms with Gasteiger partial charge in [0.05, 0.1) is 11.3 Å². The fourth-order valence-corrected chi connectivity index (χ4v) is 4.46.